The largest absolute Gasteiger partial charge is 0.503 e. The fraction of sp³-hybridized carbons (Fsp3) is 0.500. The van der Waals surface area contributed by atoms with Crippen molar-refractivity contribution < 1.29 is 14.7 Å². The van der Waals surface area contributed by atoms with Crippen LogP contribution in [0, 0.1) is 5.92 Å². The molecule has 1 aliphatic rings. The molecule has 2 atom stereocenters. The Kier molecular flexibility index (Phi) is 7.13. The summed E-state index contributed by atoms with van der Waals surface area (Å²) in [6.07, 6.45) is 4.07. The Morgan fingerprint density at radius 3 is 2.54 bits per heavy atom. The molecule has 1 aliphatic heterocycles. The van der Waals surface area contributed by atoms with Gasteiger partial charge in [-0.15, -0.1) is 0 Å². The number of rotatable bonds is 8. The number of carbonyl (C=O) groups is 2. The van der Waals surface area contributed by atoms with E-state index in [0.29, 0.717) is 28.1 Å². The zero-order valence-electron chi connectivity index (χ0n) is 15.4. The van der Waals surface area contributed by atoms with E-state index in [9.17, 15) is 14.7 Å². The molecule has 142 valence electrons. The molecule has 0 spiro atoms. The SMILES string of the molecule is CCCCC(CC)CN1C(=O)C(O)=C(C(C)=O)C1c1ccc(Cl)cc1Cl. The minimum Gasteiger partial charge on any atom is -0.503 e. The maximum absolute atomic E-state index is 12.7. The van der Waals surface area contributed by atoms with Gasteiger partial charge in [-0.2, -0.15) is 0 Å². The van der Waals surface area contributed by atoms with E-state index in [-0.39, 0.29) is 11.4 Å². The number of halogens is 2. The highest BCUT2D eigenvalue weighted by Crippen LogP contribution is 2.41. The van der Waals surface area contributed by atoms with Gasteiger partial charge in [0.05, 0.1) is 11.6 Å². The summed E-state index contributed by atoms with van der Waals surface area (Å²) in [6.45, 7) is 6.04. The molecule has 0 saturated heterocycles. The third-order valence-corrected chi connectivity index (χ3v) is 5.50. The Morgan fingerprint density at radius 1 is 1.31 bits per heavy atom. The van der Waals surface area contributed by atoms with Crippen molar-refractivity contribution in [1.82, 2.24) is 4.90 Å². The molecule has 1 N–H and O–H groups in total. The smallest absolute Gasteiger partial charge is 0.290 e. The van der Waals surface area contributed by atoms with Crippen LogP contribution in [0.5, 0.6) is 0 Å². The van der Waals surface area contributed by atoms with Gasteiger partial charge in [-0.3, -0.25) is 9.59 Å². The van der Waals surface area contributed by atoms with E-state index in [1.54, 1.807) is 23.1 Å². The lowest BCUT2D eigenvalue weighted by Gasteiger charge is -2.30. The predicted molar refractivity (Wildman–Crippen MR) is 105 cm³/mol. The topological polar surface area (TPSA) is 57.6 Å². The van der Waals surface area contributed by atoms with Crippen LogP contribution in [-0.2, 0) is 9.59 Å². The van der Waals surface area contributed by atoms with Gasteiger partial charge in [-0.05, 0) is 37.0 Å². The normalized spacial score (nSPS) is 18.6. The van der Waals surface area contributed by atoms with Crippen molar-refractivity contribution >= 4 is 34.9 Å². The monoisotopic (exact) mass is 397 g/mol. The summed E-state index contributed by atoms with van der Waals surface area (Å²) in [4.78, 5) is 26.4. The maximum Gasteiger partial charge on any atom is 0.290 e. The van der Waals surface area contributed by atoms with Crippen molar-refractivity contribution in [2.75, 3.05) is 6.54 Å². The summed E-state index contributed by atoms with van der Waals surface area (Å²) < 4.78 is 0. The number of benzene rings is 1. The first-order valence-electron chi connectivity index (χ1n) is 9.01. The summed E-state index contributed by atoms with van der Waals surface area (Å²) in [6, 6.07) is 4.29. The van der Waals surface area contributed by atoms with Crippen molar-refractivity contribution in [2.45, 2.75) is 52.5 Å². The first-order chi connectivity index (χ1) is 12.3. The highest BCUT2D eigenvalue weighted by Gasteiger charge is 2.43. The third kappa shape index (κ3) is 4.24. The summed E-state index contributed by atoms with van der Waals surface area (Å²) >= 11 is 12.3. The van der Waals surface area contributed by atoms with Crippen LogP contribution in [0.1, 0.15) is 58.1 Å². The lowest BCUT2D eigenvalue weighted by atomic mass is 9.94. The number of Topliss-reactive ketones (excluding diaryl/α,β-unsaturated/α-hetero) is 1. The van der Waals surface area contributed by atoms with Gasteiger partial charge in [0.2, 0.25) is 0 Å². The van der Waals surface area contributed by atoms with Gasteiger partial charge in [0.25, 0.3) is 5.91 Å². The Labute approximate surface area is 164 Å². The molecule has 1 aromatic rings. The molecular formula is C20H25Cl2NO3. The molecule has 0 fully saturated rings. The van der Waals surface area contributed by atoms with Crippen LogP contribution in [-0.4, -0.2) is 28.2 Å². The number of nitrogens with zero attached hydrogens (tertiary/aromatic N) is 1. The molecule has 2 unspecified atom stereocenters. The van der Waals surface area contributed by atoms with Gasteiger partial charge < -0.3 is 10.0 Å². The minimum atomic E-state index is -0.680. The second kappa shape index (κ2) is 8.92. The Balaban J connectivity index is 2.45. The number of hydrogen-bond acceptors (Lipinski definition) is 3. The number of hydrogen-bond donors (Lipinski definition) is 1. The molecule has 2 rings (SSSR count). The molecule has 1 heterocycles. The van der Waals surface area contributed by atoms with Gasteiger partial charge in [0.1, 0.15) is 0 Å². The number of ketones is 1. The highest BCUT2D eigenvalue weighted by atomic mass is 35.5. The van der Waals surface area contributed by atoms with Gasteiger partial charge in [0, 0.05) is 16.6 Å². The summed E-state index contributed by atoms with van der Waals surface area (Å²) in [5.74, 6) is -1.03. The van der Waals surface area contributed by atoms with Crippen LogP contribution < -0.4 is 0 Å². The van der Waals surface area contributed by atoms with Crippen molar-refractivity contribution in [3.05, 3.63) is 45.1 Å². The Bertz CT molecular complexity index is 730. The van der Waals surface area contributed by atoms with Crippen molar-refractivity contribution in [3.8, 4) is 0 Å². The fourth-order valence-corrected chi connectivity index (χ4v) is 3.96. The molecule has 4 nitrogen and oxygen atoms in total. The van der Waals surface area contributed by atoms with E-state index in [4.69, 9.17) is 23.2 Å². The maximum atomic E-state index is 12.7. The standard InChI is InChI=1S/C20H25Cl2NO3/c1-4-6-7-13(5-2)11-23-18(15-9-8-14(21)10-16(15)22)17(12(3)24)19(25)20(23)26/h8-10,13,18,25H,4-7,11H2,1-3H3. The zero-order valence-corrected chi connectivity index (χ0v) is 16.9. The number of aliphatic hydroxyl groups excluding tert-OH is 1. The van der Waals surface area contributed by atoms with Crippen LogP contribution in [0.15, 0.2) is 29.5 Å². The van der Waals surface area contributed by atoms with Gasteiger partial charge in [-0.25, -0.2) is 0 Å². The number of unbranched alkanes of at least 4 members (excludes halogenated alkanes) is 1. The molecule has 0 bridgehead atoms. The number of aliphatic hydroxyl groups is 1. The second-order valence-corrected chi connectivity index (χ2v) is 7.60. The van der Waals surface area contributed by atoms with Crippen molar-refractivity contribution in [2.24, 2.45) is 5.92 Å². The minimum absolute atomic E-state index is 0.101. The van der Waals surface area contributed by atoms with Crippen LogP contribution in [0.2, 0.25) is 10.0 Å². The van der Waals surface area contributed by atoms with Gasteiger partial charge in [0.15, 0.2) is 11.5 Å². The molecule has 6 heteroatoms. The zero-order chi connectivity index (χ0) is 19.4. The van der Waals surface area contributed by atoms with Crippen LogP contribution in [0.25, 0.3) is 0 Å². The van der Waals surface area contributed by atoms with E-state index in [1.165, 1.54) is 6.92 Å². The average Bonchev–Trinajstić information content (AvgIpc) is 2.83. The quantitative estimate of drug-likeness (QED) is 0.630. The molecule has 1 aromatic carbocycles. The van der Waals surface area contributed by atoms with Crippen molar-refractivity contribution in [3.63, 3.8) is 0 Å². The molecule has 0 saturated carbocycles. The van der Waals surface area contributed by atoms with Crippen molar-refractivity contribution in [1.29, 1.82) is 0 Å². The lowest BCUT2D eigenvalue weighted by molar-refractivity contribution is -0.130. The van der Waals surface area contributed by atoms with E-state index >= 15 is 0 Å². The second-order valence-electron chi connectivity index (χ2n) is 6.76. The molecule has 0 aromatic heterocycles. The van der Waals surface area contributed by atoms with E-state index in [1.807, 2.05) is 0 Å². The number of amides is 1. The number of carbonyl (C=O) groups excluding carboxylic acids is 2. The molecule has 1 amide bonds. The summed E-state index contributed by atoms with van der Waals surface area (Å²) in [5, 5.41) is 11.2. The fourth-order valence-electron chi connectivity index (χ4n) is 3.44. The average molecular weight is 398 g/mol. The van der Waals surface area contributed by atoms with E-state index < -0.39 is 17.7 Å². The van der Waals surface area contributed by atoms with Gasteiger partial charge in [-0.1, -0.05) is 62.4 Å². The van der Waals surface area contributed by atoms with Gasteiger partial charge >= 0.3 is 0 Å². The predicted octanol–water partition coefficient (Wildman–Crippen LogP) is 5.49. The molecule has 0 aliphatic carbocycles. The highest BCUT2D eigenvalue weighted by molar-refractivity contribution is 6.35. The summed E-state index contributed by atoms with van der Waals surface area (Å²) in [7, 11) is 0. The molecule has 26 heavy (non-hydrogen) atoms. The Hall–Kier alpha value is -1.52. The summed E-state index contributed by atoms with van der Waals surface area (Å²) in [5.41, 5.74) is 0.702. The third-order valence-electron chi connectivity index (χ3n) is 4.94. The van der Waals surface area contributed by atoms with E-state index in [2.05, 4.69) is 13.8 Å². The first kappa shape index (κ1) is 20.8. The van der Waals surface area contributed by atoms with E-state index in [0.717, 1.165) is 25.7 Å². The van der Waals surface area contributed by atoms with Crippen LogP contribution >= 0.6 is 23.2 Å². The molecular weight excluding hydrogens is 373 g/mol. The molecule has 0 radical (unpaired) electrons. The lowest BCUT2D eigenvalue weighted by Crippen LogP contribution is -2.35. The van der Waals surface area contributed by atoms with Crippen LogP contribution in [0.3, 0.4) is 0 Å². The first-order valence-corrected chi connectivity index (χ1v) is 9.77. The van der Waals surface area contributed by atoms with Crippen LogP contribution in [0.4, 0.5) is 0 Å². The Morgan fingerprint density at radius 2 is 2.00 bits per heavy atom.